The molecule has 0 spiro atoms. The maximum absolute atomic E-state index is 13.2. The van der Waals surface area contributed by atoms with Crippen LogP contribution in [0, 0.1) is 0 Å². The Hall–Kier alpha value is -6.68. The summed E-state index contributed by atoms with van der Waals surface area (Å²) in [6, 6.07) is 20.5. The minimum atomic E-state index is -4.97. The van der Waals surface area contributed by atoms with Crippen molar-refractivity contribution in [1.82, 2.24) is 39.2 Å². The van der Waals surface area contributed by atoms with Crippen LogP contribution in [-0.2, 0) is 24.7 Å². The van der Waals surface area contributed by atoms with Crippen LogP contribution in [0.3, 0.4) is 0 Å². The lowest BCUT2D eigenvalue weighted by Crippen LogP contribution is -2.11. The summed E-state index contributed by atoms with van der Waals surface area (Å²) in [7, 11) is 7.53. The van der Waals surface area contributed by atoms with Gasteiger partial charge in [-0.3, -0.25) is 0 Å². The lowest BCUT2D eigenvalue weighted by atomic mass is 10.0. The monoisotopic (exact) mass is 986 g/mol. The van der Waals surface area contributed by atoms with Gasteiger partial charge in [0.25, 0.3) is 11.6 Å². The molecule has 0 aliphatic heterocycles. The van der Waals surface area contributed by atoms with E-state index in [1.165, 1.54) is 21.4 Å². The number of nitrogens with zero attached hydrogens (tertiary/aromatic N) is 10. The Labute approximate surface area is 382 Å². The number of aromatic nitrogens is 8. The quantitative estimate of drug-likeness (QED) is 0.120. The second-order valence-corrected chi connectivity index (χ2v) is 15.3. The van der Waals surface area contributed by atoms with Crippen LogP contribution in [0.4, 0.5) is 64.1 Å². The van der Waals surface area contributed by atoms with Crippen LogP contribution in [0.5, 0.6) is 0 Å². The summed E-state index contributed by atoms with van der Waals surface area (Å²) >= 11 is 9.53. The van der Waals surface area contributed by atoms with Crippen molar-refractivity contribution in [2.24, 2.45) is 0 Å². The van der Waals surface area contributed by atoms with Gasteiger partial charge >= 0.3 is 24.7 Å². The van der Waals surface area contributed by atoms with Gasteiger partial charge in [-0.1, -0.05) is 24.3 Å². The first-order valence-corrected chi connectivity index (χ1v) is 20.1. The number of hydrogen-bond acceptors (Lipinski definition) is 8. The predicted octanol–water partition coefficient (Wildman–Crippen LogP) is 12.5. The third-order valence-corrected chi connectivity index (χ3v) is 9.53. The SMILES string of the molecule is CN(C)c1ccc(-c2ccnc3nc(-c4cc(C(F)(F)F)cc(C(F)(F)F)c4)nn23)cc1.CN(C)c1ccc(-c2ccnc3nc(-c4cc(C(F)(F)F)cc(C(F)(F)F)c4)nn23)cc1.ClCCl. The van der Waals surface area contributed by atoms with E-state index in [0.29, 0.717) is 35.7 Å². The van der Waals surface area contributed by atoms with Gasteiger partial charge in [0, 0.05) is 74.2 Å². The highest BCUT2D eigenvalue weighted by Gasteiger charge is 2.39. The lowest BCUT2D eigenvalue weighted by Gasteiger charge is -2.13. The second kappa shape index (κ2) is 19.3. The third-order valence-electron chi connectivity index (χ3n) is 9.53. The van der Waals surface area contributed by atoms with Crippen molar-refractivity contribution in [3.05, 3.63) is 132 Å². The molecule has 0 saturated carbocycles. The molecule has 0 N–H and O–H groups in total. The highest BCUT2D eigenvalue weighted by molar-refractivity contribution is 6.40. The summed E-state index contributed by atoms with van der Waals surface area (Å²) in [5.74, 6) is -0.516. The van der Waals surface area contributed by atoms with E-state index in [9.17, 15) is 52.7 Å². The highest BCUT2D eigenvalue weighted by Crippen LogP contribution is 2.40. The zero-order chi connectivity index (χ0) is 49.2. The normalized spacial score (nSPS) is 12.1. The van der Waals surface area contributed by atoms with Gasteiger partial charge in [0.15, 0.2) is 11.6 Å². The molecule has 4 aromatic carbocycles. The standard InChI is InChI=1S/2C21H15F6N5.CH2Cl2/c2*1-31(2)16-5-3-12(4-6-16)17-7-8-28-19-29-18(30-32(17)19)13-9-14(20(22,23)24)11-15(10-13)21(25,26)27;2-1-3/h2*3-11H,1-2H3;1H2. The van der Waals surface area contributed by atoms with Gasteiger partial charge in [0.1, 0.15) is 0 Å². The average molecular weight is 988 g/mol. The number of hydrogen-bond donors (Lipinski definition) is 0. The summed E-state index contributed by atoms with van der Waals surface area (Å²) in [6.45, 7) is 0. The molecule has 0 saturated heterocycles. The molecule has 0 unspecified atom stereocenters. The van der Waals surface area contributed by atoms with Crippen molar-refractivity contribution >= 4 is 46.1 Å². The predicted molar refractivity (Wildman–Crippen MR) is 229 cm³/mol. The van der Waals surface area contributed by atoms with Crippen molar-refractivity contribution in [1.29, 1.82) is 0 Å². The maximum Gasteiger partial charge on any atom is 0.416 e. The first-order chi connectivity index (χ1) is 31.3. The fraction of sp³-hybridized carbons (Fsp3) is 0.209. The summed E-state index contributed by atoms with van der Waals surface area (Å²) in [4.78, 5) is 20.0. The average Bonchev–Trinajstić information content (AvgIpc) is 3.91. The Balaban J connectivity index is 0.000000209. The molecule has 0 atom stereocenters. The molecule has 8 rings (SSSR count). The van der Waals surface area contributed by atoms with Crippen LogP contribution in [0.2, 0.25) is 0 Å². The molecular formula is C43H32Cl2F12N10. The third kappa shape index (κ3) is 11.7. The van der Waals surface area contributed by atoms with E-state index in [1.54, 1.807) is 12.1 Å². The Morgan fingerprint density at radius 2 is 0.716 bits per heavy atom. The Bertz CT molecular complexity index is 2710. The molecule has 0 fully saturated rings. The molecule has 0 bridgehead atoms. The number of rotatable bonds is 6. The highest BCUT2D eigenvalue weighted by atomic mass is 35.5. The van der Waals surface area contributed by atoms with Gasteiger partial charge in [-0.2, -0.15) is 71.7 Å². The molecule has 0 amide bonds. The zero-order valence-corrected chi connectivity index (χ0v) is 36.4. The van der Waals surface area contributed by atoms with Gasteiger partial charge < -0.3 is 9.80 Å². The number of alkyl halides is 14. The fourth-order valence-electron chi connectivity index (χ4n) is 6.30. The maximum atomic E-state index is 13.2. The molecule has 10 nitrogen and oxygen atoms in total. The summed E-state index contributed by atoms with van der Waals surface area (Å²) in [5, 5.41) is 8.52. The molecular weight excluding hydrogens is 955 g/mol. The lowest BCUT2D eigenvalue weighted by molar-refractivity contribution is -0.144. The van der Waals surface area contributed by atoms with E-state index in [0.717, 1.165) is 22.5 Å². The molecule has 0 aliphatic carbocycles. The van der Waals surface area contributed by atoms with E-state index >= 15 is 0 Å². The Morgan fingerprint density at radius 1 is 0.433 bits per heavy atom. The van der Waals surface area contributed by atoms with Crippen LogP contribution in [0.25, 0.3) is 56.8 Å². The van der Waals surface area contributed by atoms with Crippen molar-refractivity contribution in [2.75, 3.05) is 43.3 Å². The van der Waals surface area contributed by atoms with Crippen molar-refractivity contribution in [2.45, 2.75) is 24.7 Å². The minimum Gasteiger partial charge on any atom is -0.378 e. The Kier molecular flexibility index (Phi) is 14.3. The number of fused-ring (bicyclic) bond motifs is 2. The van der Waals surface area contributed by atoms with Crippen LogP contribution in [0.1, 0.15) is 22.3 Å². The summed E-state index contributed by atoms with van der Waals surface area (Å²) < 4.78 is 161. The minimum absolute atomic E-state index is 0.0418. The van der Waals surface area contributed by atoms with Crippen LogP contribution < -0.4 is 9.80 Å². The number of benzene rings is 4. The van der Waals surface area contributed by atoms with Crippen molar-refractivity contribution in [3.8, 4) is 45.3 Å². The van der Waals surface area contributed by atoms with Crippen molar-refractivity contribution in [3.63, 3.8) is 0 Å². The van der Waals surface area contributed by atoms with Gasteiger partial charge in [0.05, 0.1) is 39.0 Å². The molecule has 4 aromatic heterocycles. The Morgan fingerprint density at radius 3 is 0.970 bits per heavy atom. The summed E-state index contributed by atoms with van der Waals surface area (Å²) in [5.41, 5.74) is -2.17. The summed E-state index contributed by atoms with van der Waals surface area (Å²) in [6.07, 6.45) is -17.0. The smallest absolute Gasteiger partial charge is 0.378 e. The second-order valence-electron chi connectivity index (χ2n) is 14.5. The first kappa shape index (κ1) is 49.7. The van der Waals surface area contributed by atoms with Crippen LogP contribution >= 0.6 is 23.2 Å². The topological polar surface area (TPSA) is 92.6 Å². The van der Waals surface area contributed by atoms with Crippen molar-refractivity contribution < 1.29 is 52.7 Å². The van der Waals surface area contributed by atoms with Gasteiger partial charge in [-0.15, -0.1) is 33.4 Å². The molecule has 24 heteroatoms. The molecule has 0 radical (unpaired) electrons. The number of halogens is 14. The van der Waals surface area contributed by atoms with E-state index in [1.807, 2.05) is 86.5 Å². The molecule has 352 valence electrons. The molecule has 4 heterocycles. The van der Waals surface area contributed by atoms with Gasteiger partial charge in [0.2, 0.25) is 0 Å². The zero-order valence-electron chi connectivity index (χ0n) is 34.9. The van der Waals surface area contributed by atoms with Gasteiger partial charge in [-0.05, 0) is 72.8 Å². The van der Waals surface area contributed by atoms with E-state index in [4.69, 9.17) is 23.2 Å². The van der Waals surface area contributed by atoms with Crippen LogP contribution in [-0.4, -0.2) is 72.7 Å². The first-order valence-electron chi connectivity index (χ1n) is 19.0. The van der Waals surface area contributed by atoms with Crippen LogP contribution in [0.15, 0.2) is 109 Å². The van der Waals surface area contributed by atoms with E-state index < -0.39 is 58.1 Å². The van der Waals surface area contributed by atoms with E-state index in [2.05, 4.69) is 30.1 Å². The largest absolute Gasteiger partial charge is 0.416 e. The number of anilines is 2. The van der Waals surface area contributed by atoms with Gasteiger partial charge in [-0.25, -0.2) is 9.97 Å². The van der Waals surface area contributed by atoms with E-state index in [-0.39, 0.29) is 40.7 Å². The molecule has 8 aromatic rings. The molecule has 0 aliphatic rings. The molecule has 67 heavy (non-hydrogen) atoms. The fourth-order valence-corrected chi connectivity index (χ4v) is 6.30.